The number of nitrogens with zero attached hydrogens (tertiary/aromatic N) is 2. The number of hydrogen-bond donors (Lipinski definition) is 2. The van der Waals surface area contributed by atoms with Gasteiger partial charge in [0.2, 0.25) is 0 Å². The van der Waals surface area contributed by atoms with Crippen LogP contribution in [0.25, 0.3) is 0 Å². The molecule has 0 radical (unpaired) electrons. The minimum Gasteiger partial charge on any atom is -0.326 e. The number of carbonyl (C=O) groups excluding carboxylic acids is 1. The number of benzene rings is 1. The van der Waals surface area contributed by atoms with Gasteiger partial charge in [-0.1, -0.05) is 18.2 Å². The van der Waals surface area contributed by atoms with E-state index < -0.39 is 5.91 Å². The Morgan fingerprint density at radius 1 is 1.35 bits per heavy atom. The van der Waals surface area contributed by atoms with Gasteiger partial charge in [0.25, 0.3) is 5.91 Å². The van der Waals surface area contributed by atoms with Crippen molar-refractivity contribution in [2.75, 3.05) is 4.90 Å². The molecular formula is C17H15N3OS2. The van der Waals surface area contributed by atoms with E-state index in [0.29, 0.717) is 5.03 Å². The summed E-state index contributed by atoms with van der Waals surface area (Å²) in [5, 5.41) is 14.6. The van der Waals surface area contributed by atoms with Crippen molar-refractivity contribution in [3.05, 3.63) is 62.3 Å². The number of nitriles is 1. The average molecular weight is 341 g/mol. The lowest BCUT2D eigenvalue weighted by Crippen LogP contribution is -2.46. The van der Waals surface area contributed by atoms with Crippen LogP contribution in [0.2, 0.25) is 0 Å². The maximum Gasteiger partial charge on any atom is 0.266 e. The summed E-state index contributed by atoms with van der Waals surface area (Å²) in [7, 11) is 0. The molecule has 1 N–H and O–H groups in total. The molecule has 116 valence electrons. The van der Waals surface area contributed by atoms with Gasteiger partial charge < -0.3 is 10.2 Å². The highest BCUT2D eigenvalue weighted by molar-refractivity contribution is 7.84. The lowest BCUT2D eigenvalue weighted by atomic mass is 10.1. The number of rotatable bonds is 2. The maximum absolute atomic E-state index is 12.2. The Kier molecular flexibility index (Phi) is 4.16. The van der Waals surface area contributed by atoms with Crippen molar-refractivity contribution in [2.24, 2.45) is 0 Å². The van der Waals surface area contributed by atoms with E-state index in [4.69, 9.17) is 0 Å². The molecule has 0 aliphatic carbocycles. The molecule has 0 saturated heterocycles. The molecule has 0 saturated carbocycles. The monoisotopic (exact) mass is 341 g/mol. The number of anilines is 1. The van der Waals surface area contributed by atoms with Gasteiger partial charge in [0.15, 0.2) is 0 Å². The zero-order chi connectivity index (χ0) is 16.6. The third-order valence-electron chi connectivity index (χ3n) is 3.75. The van der Waals surface area contributed by atoms with Gasteiger partial charge in [-0.15, -0.1) is 24.0 Å². The summed E-state index contributed by atoms with van der Waals surface area (Å²) in [4.78, 5) is 15.1. The van der Waals surface area contributed by atoms with Crippen LogP contribution in [0.1, 0.15) is 22.2 Å². The molecule has 2 heterocycles. The second kappa shape index (κ2) is 6.11. The molecule has 1 aromatic heterocycles. The molecule has 0 fully saturated rings. The molecule has 1 aliphatic rings. The van der Waals surface area contributed by atoms with Crippen LogP contribution in [0.3, 0.4) is 0 Å². The Morgan fingerprint density at radius 2 is 2.13 bits per heavy atom. The number of hydrogen-bond acceptors (Lipinski definition) is 5. The van der Waals surface area contributed by atoms with Crippen LogP contribution in [-0.2, 0) is 4.79 Å². The minimum absolute atomic E-state index is 0.0297. The van der Waals surface area contributed by atoms with Gasteiger partial charge in [-0.05, 0) is 42.5 Å². The number of amides is 1. The average Bonchev–Trinajstić information content (AvgIpc) is 3.04. The molecule has 1 amide bonds. The Labute approximate surface area is 144 Å². The van der Waals surface area contributed by atoms with Crippen LogP contribution in [0.5, 0.6) is 0 Å². The molecular weight excluding hydrogens is 326 g/mol. The summed E-state index contributed by atoms with van der Waals surface area (Å²) in [6.07, 6.45) is -0.368. The number of thiol groups is 1. The van der Waals surface area contributed by atoms with Crippen LogP contribution in [0.15, 0.2) is 46.3 Å². The van der Waals surface area contributed by atoms with E-state index in [1.807, 2.05) is 60.5 Å². The molecule has 1 aliphatic heterocycles. The lowest BCUT2D eigenvalue weighted by molar-refractivity contribution is -0.118. The van der Waals surface area contributed by atoms with Crippen LogP contribution in [0.4, 0.5) is 5.69 Å². The largest absolute Gasteiger partial charge is 0.326 e. The van der Waals surface area contributed by atoms with Crippen molar-refractivity contribution < 1.29 is 4.79 Å². The number of nitrogens with one attached hydrogen (secondary N) is 1. The van der Waals surface area contributed by atoms with E-state index in [-0.39, 0.29) is 11.7 Å². The first-order valence-corrected chi connectivity index (χ1v) is 8.39. The van der Waals surface area contributed by atoms with Crippen LogP contribution in [0, 0.1) is 25.2 Å². The smallest absolute Gasteiger partial charge is 0.266 e. The first-order chi connectivity index (χ1) is 11.0. The van der Waals surface area contributed by atoms with E-state index in [2.05, 4.69) is 17.9 Å². The molecule has 6 heteroatoms. The van der Waals surface area contributed by atoms with Crippen molar-refractivity contribution in [3.63, 3.8) is 0 Å². The van der Waals surface area contributed by atoms with Gasteiger partial charge in [0.05, 0.1) is 5.03 Å². The molecule has 1 aromatic carbocycles. The Bertz CT molecular complexity index is 834. The van der Waals surface area contributed by atoms with E-state index >= 15 is 0 Å². The Morgan fingerprint density at radius 3 is 2.78 bits per heavy atom. The predicted molar refractivity (Wildman–Crippen MR) is 95.2 cm³/mol. The van der Waals surface area contributed by atoms with Gasteiger partial charge in [0.1, 0.15) is 17.8 Å². The zero-order valence-corrected chi connectivity index (χ0v) is 14.4. The molecule has 1 unspecified atom stereocenters. The molecule has 1 atom stereocenters. The third-order valence-corrected chi connectivity index (χ3v) is 5.12. The van der Waals surface area contributed by atoms with Crippen molar-refractivity contribution in [3.8, 4) is 6.07 Å². The molecule has 23 heavy (non-hydrogen) atoms. The molecule has 2 aromatic rings. The highest BCUT2D eigenvalue weighted by Gasteiger charge is 2.35. The summed E-state index contributed by atoms with van der Waals surface area (Å²) < 4.78 is 0. The summed E-state index contributed by atoms with van der Waals surface area (Å²) >= 11 is 6.06. The van der Waals surface area contributed by atoms with Crippen molar-refractivity contribution >= 4 is 35.6 Å². The summed E-state index contributed by atoms with van der Waals surface area (Å²) in [5.74, 6) is -0.391. The highest BCUT2D eigenvalue weighted by atomic mass is 32.1. The van der Waals surface area contributed by atoms with Crippen LogP contribution >= 0.6 is 24.0 Å². The van der Waals surface area contributed by atoms with Crippen molar-refractivity contribution in [1.29, 1.82) is 5.26 Å². The second-order valence-electron chi connectivity index (χ2n) is 5.36. The quantitative estimate of drug-likeness (QED) is 0.820. The molecule has 4 nitrogen and oxygen atoms in total. The standard InChI is InChI=1S/C17H15N3OS2/c1-10-5-6-11(2)13(8-10)20-15(14-4-3-7-23-14)19-16(21)12(9-18)17(20)22/h3-8,15,22H,1-2H3,(H,19,21). The number of aryl methyl sites for hydroxylation is 2. The SMILES string of the molecule is Cc1ccc(C)c(N2C(S)=C(C#N)C(=O)NC2c2cccs2)c1. The van der Waals surface area contributed by atoms with E-state index in [1.165, 1.54) is 0 Å². The predicted octanol–water partition coefficient (Wildman–Crippen LogP) is 3.66. The van der Waals surface area contributed by atoms with E-state index in [9.17, 15) is 10.1 Å². The fourth-order valence-electron chi connectivity index (χ4n) is 2.58. The van der Waals surface area contributed by atoms with Crippen molar-refractivity contribution in [2.45, 2.75) is 20.0 Å². The van der Waals surface area contributed by atoms with Crippen LogP contribution < -0.4 is 10.2 Å². The van der Waals surface area contributed by atoms with Gasteiger partial charge >= 0.3 is 0 Å². The fourth-order valence-corrected chi connectivity index (χ4v) is 3.72. The minimum atomic E-state index is -0.391. The highest BCUT2D eigenvalue weighted by Crippen LogP contribution is 2.38. The topological polar surface area (TPSA) is 56.1 Å². The van der Waals surface area contributed by atoms with E-state index in [0.717, 1.165) is 21.7 Å². The first kappa shape index (κ1) is 15.7. The lowest BCUT2D eigenvalue weighted by Gasteiger charge is -2.38. The number of carbonyl (C=O) groups is 1. The summed E-state index contributed by atoms with van der Waals surface area (Å²) in [6.45, 7) is 4.02. The first-order valence-electron chi connectivity index (χ1n) is 7.07. The zero-order valence-electron chi connectivity index (χ0n) is 12.7. The summed E-state index contributed by atoms with van der Waals surface area (Å²) in [5.41, 5.74) is 3.12. The van der Waals surface area contributed by atoms with Gasteiger partial charge in [0, 0.05) is 10.6 Å². The van der Waals surface area contributed by atoms with Gasteiger partial charge in [-0.3, -0.25) is 4.79 Å². The third kappa shape index (κ3) is 2.74. The van der Waals surface area contributed by atoms with Crippen LogP contribution in [-0.4, -0.2) is 5.91 Å². The fraction of sp³-hybridized carbons (Fsp3) is 0.176. The van der Waals surface area contributed by atoms with E-state index in [1.54, 1.807) is 11.3 Å². The second-order valence-corrected chi connectivity index (χ2v) is 6.76. The Balaban J connectivity index is 2.22. The maximum atomic E-state index is 12.2. The summed E-state index contributed by atoms with van der Waals surface area (Å²) in [6, 6.07) is 12.0. The molecule has 0 bridgehead atoms. The molecule has 0 spiro atoms. The van der Waals surface area contributed by atoms with Gasteiger partial charge in [-0.2, -0.15) is 5.26 Å². The normalized spacial score (nSPS) is 17.9. The molecule has 3 rings (SSSR count). The van der Waals surface area contributed by atoms with Crippen molar-refractivity contribution in [1.82, 2.24) is 5.32 Å². The van der Waals surface area contributed by atoms with Gasteiger partial charge in [-0.25, -0.2) is 0 Å². The number of thiophene rings is 1. The Hall–Kier alpha value is -2.23.